The highest BCUT2D eigenvalue weighted by molar-refractivity contribution is 5.35. The zero-order valence-electron chi connectivity index (χ0n) is 6.71. The van der Waals surface area contributed by atoms with Crippen LogP contribution in [0.25, 0.3) is 0 Å². The van der Waals surface area contributed by atoms with E-state index in [-0.39, 0.29) is 0 Å². The first kappa shape index (κ1) is 6.71. The molecule has 1 nitrogen and oxygen atoms in total. The molecule has 0 saturated heterocycles. The van der Waals surface area contributed by atoms with Crippen molar-refractivity contribution < 1.29 is 4.74 Å². The number of rotatable bonds is 0. The summed E-state index contributed by atoms with van der Waals surface area (Å²) < 4.78 is 5.59. The lowest BCUT2D eigenvalue weighted by Crippen LogP contribution is -1.97. The van der Waals surface area contributed by atoms with Gasteiger partial charge in [0.1, 0.15) is 11.9 Å². The third-order valence-corrected chi connectivity index (χ3v) is 2.01. The Labute approximate surface area is 67.1 Å². The van der Waals surface area contributed by atoms with Gasteiger partial charge in [0.2, 0.25) is 0 Å². The van der Waals surface area contributed by atoms with Crippen LogP contribution in [0.15, 0.2) is 35.6 Å². The van der Waals surface area contributed by atoms with Gasteiger partial charge >= 0.3 is 0 Å². The molecule has 58 valence electrons. The minimum absolute atomic E-state index is 0.368. The first-order chi connectivity index (χ1) is 5.36. The van der Waals surface area contributed by atoms with Crippen molar-refractivity contribution in [2.45, 2.75) is 25.9 Å². The van der Waals surface area contributed by atoms with Crippen molar-refractivity contribution in [3.63, 3.8) is 0 Å². The summed E-state index contributed by atoms with van der Waals surface area (Å²) in [4.78, 5) is 0. The Kier molecular flexibility index (Phi) is 1.57. The van der Waals surface area contributed by atoms with Crippen LogP contribution in [0.3, 0.4) is 0 Å². The zero-order valence-corrected chi connectivity index (χ0v) is 6.71. The Bertz CT molecular complexity index is 222. The molecule has 1 atom stereocenters. The van der Waals surface area contributed by atoms with Crippen LogP contribution >= 0.6 is 0 Å². The van der Waals surface area contributed by atoms with E-state index in [4.69, 9.17) is 4.74 Å². The van der Waals surface area contributed by atoms with Crippen molar-refractivity contribution in [3.05, 3.63) is 35.6 Å². The Hall–Kier alpha value is -0.980. The standard InChI is InChI=1S/C10H12O/c1-8-7-9-5-3-2-4-6-10(9)11-8/h3-6,8H,2,7H2,1H3. The average Bonchev–Trinajstić information content (AvgIpc) is 2.17. The van der Waals surface area contributed by atoms with Gasteiger partial charge in [-0.2, -0.15) is 0 Å². The van der Waals surface area contributed by atoms with Gasteiger partial charge < -0.3 is 4.74 Å². The molecule has 2 rings (SSSR count). The highest BCUT2D eigenvalue weighted by Crippen LogP contribution is 2.28. The van der Waals surface area contributed by atoms with Gasteiger partial charge in [0.05, 0.1) is 0 Å². The number of allylic oxidation sites excluding steroid dienone is 4. The monoisotopic (exact) mass is 148 g/mol. The Morgan fingerprint density at radius 2 is 2.18 bits per heavy atom. The maximum Gasteiger partial charge on any atom is 0.122 e. The summed E-state index contributed by atoms with van der Waals surface area (Å²) in [6.45, 7) is 2.11. The maximum atomic E-state index is 5.59. The molecule has 0 aromatic rings. The zero-order chi connectivity index (χ0) is 7.68. The van der Waals surface area contributed by atoms with E-state index in [2.05, 4.69) is 31.2 Å². The fourth-order valence-corrected chi connectivity index (χ4v) is 1.50. The molecule has 11 heavy (non-hydrogen) atoms. The van der Waals surface area contributed by atoms with Gasteiger partial charge in [0, 0.05) is 6.42 Å². The minimum atomic E-state index is 0.368. The van der Waals surface area contributed by atoms with Gasteiger partial charge in [0.25, 0.3) is 0 Å². The van der Waals surface area contributed by atoms with E-state index in [9.17, 15) is 0 Å². The molecule has 2 aliphatic rings. The van der Waals surface area contributed by atoms with Crippen molar-refractivity contribution in [1.29, 1.82) is 0 Å². The molecule has 0 fully saturated rings. The lowest BCUT2D eigenvalue weighted by atomic mass is 10.1. The van der Waals surface area contributed by atoms with Gasteiger partial charge in [-0.1, -0.05) is 18.2 Å². The molecule has 0 N–H and O–H groups in total. The van der Waals surface area contributed by atoms with Crippen LogP contribution in [0.1, 0.15) is 19.8 Å². The molecular weight excluding hydrogens is 136 g/mol. The summed E-state index contributed by atoms with van der Waals surface area (Å²) in [5.41, 5.74) is 1.35. The lowest BCUT2D eigenvalue weighted by molar-refractivity contribution is 0.169. The Balaban J connectivity index is 2.28. The van der Waals surface area contributed by atoms with Crippen LogP contribution in [-0.2, 0) is 4.74 Å². The van der Waals surface area contributed by atoms with E-state index in [0.717, 1.165) is 18.6 Å². The summed E-state index contributed by atoms with van der Waals surface area (Å²) in [7, 11) is 0. The van der Waals surface area contributed by atoms with Crippen molar-refractivity contribution in [2.24, 2.45) is 0 Å². The maximum absolute atomic E-state index is 5.59. The van der Waals surface area contributed by atoms with Crippen LogP contribution in [0.5, 0.6) is 0 Å². The van der Waals surface area contributed by atoms with Crippen LogP contribution in [-0.4, -0.2) is 6.10 Å². The average molecular weight is 148 g/mol. The molecule has 1 heterocycles. The van der Waals surface area contributed by atoms with E-state index in [1.807, 2.05) is 0 Å². The number of ether oxygens (including phenoxy) is 1. The first-order valence-electron chi connectivity index (χ1n) is 4.09. The number of hydrogen-bond acceptors (Lipinski definition) is 1. The van der Waals surface area contributed by atoms with Crippen molar-refractivity contribution >= 4 is 0 Å². The summed E-state index contributed by atoms with van der Waals surface area (Å²) >= 11 is 0. The van der Waals surface area contributed by atoms with Crippen LogP contribution in [0, 0.1) is 0 Å². The minimum Gasteiger partial charge on any atom is -0.490 e. The normalized spacial score (nSPS) is 28.3. The number of hydrogen-bond donors (Lipinski definition) is 0. The second-order valence-electron chi connectivity index (χ2n) is 3.06. The Morgan fingerprint density at radius 3 is 3.09 bits per heavy atom. The smallest absolute Gasteiger partial charge is 0.122 e. The van der Waals surface area contributed by atoms with Gasteiger partial charge in [0.15, 0.2) is 0 Å². The van der Waals surface area contributed by atoms with E-state index in [0.29, 0.717) is 6.10 Å². The predicted molar refractivity (Wildman–Crippen MR) is 45.1 cm³/mol. The van der Waals surface area contributed by atoms with Crippen molar-refractivity contribution in [2.75, 3.05) is 0 Å². The highest BCUT2D eigenvalue weighted by Gasteiger charge is 2.18. The van der Waals surface area contributed by atoms with Crippen molar-refractivity contribution in [1.82, 2.24) is 0 Å². The largest absolute Gasteiger partial charge is 0.490 e. The molecule has 0 aromatic heterocycles. The highest BCUT2D eigenvalue weighted by atomic mass is 16.5. The molecule has 1 heteroatoms. The summed E-state index contributed by atoms with van der Waals surface area (Å²) in [6.07, 6.45) is 11.0. The molecule has 0 radical (unpaired) electrons. The summed E-state index contributed by atoms with van der Waals surface area (Å²) in [5, 5.41) is 0. The van der Waals surface area contributed by atoms with E-state index >= 15 is 0 Å². The van der Waals surface area contributed by atoms with E-state index < -0.39 is 0 Å². The van der Waals surface area contributed by atoms with E-state index in [1.165, 1.54) is 5.57 Å². The predicted octanol–water partition coefficient (Wildman–Crippen LogP) is 2.57. The van der Waals surface area contributed by atoms with Gasteiger partial charge in [-0.15, -0.1) is 0 Å². The van der Waals surface area contributed by atoms with Gasteiger partial charge in [-0.05, 0) is 25.0 Å². The summed E-state index contributed by atoms with van der Waals surface area (Å²) in [5.74, 6) is 1.08. The summed E-state index contributed by atoms with van der Waals surface area (Å²) in [6, 6.07) is 0. The molecular formula is C10H12O. The lowest BCUT2D eigenvalue weighted by Gasteiger charge is -2.03. The fourth-order valence-electron chi connectivity index (χ4n) is 1.50. The third-order valence-electron chi connectivity index (χ3n) is 2.01. The van der Waals surface area contributed by atoms with Crippen LogP contribution in [0.2, 0.25) is 0 Å². The van der Waals surface area contributed by atoms with E-state index in [1.54, 1.807) is 0 Å². The third kappa shape index (κ3) is 1.23. The second kappa shape index (κ2) is 2.57. The molecule has 1 aliphatic heterocycles. The van der Waals surface area contributed by atoms with Crippen LogP contribution < -0.4 is 0 Å². The van der Waals surface area contributed by atoms with Crippen molar-refractivity contribution in [3.8, 4) is 0 Å². The molecule has 0 amide bonds. The Morgan fingerprint density at radius 1 is 1.36 bits per heavy atom. The van der Waals surface area contributed by atoms with Gasteiger partial charge in [-0.3, -0.25) is 0 Å². The molecule has 0 aromatic carbocycles. The molecule has 0 bridgehead atoms. The quantitative estimate of drug-likeness (QED) is 0.513. The second-order valence-corrected chi connectivity index (χ2v) is 3.06. The fraction of sp³-hybridized carbons (Fsp3) is 0.400. The SMILES string of the molecule is CC1CC2=C(C=CCC=C2)O1. The molecule has 0 saturated carbocycles. The van der Waals surface area contributed by atoms with Crippen LogP contribution in [0.4, 0.5) is 0 Å². The van der Waals surface area contributed by atoms with Gasteiger partial charge in [-0.25, -0.2) is 0 Å². The molecule has 1 unspecified atom stereocenters. The molecule has 0 spiro atoms. The molecule has 1 aliphatic carbocycles. The topological polar surface area (TPSA) is 9.23 Å². The first-order valence-corrected chi connectivity index (χ1v) is 4.09.